The normalized spacial score (nSPS) is 28.1. The minimum atomic E-state index is -0.150. The summed E-state index contributed by atoms with van der Waals surface area (Å²) < 4.78 is 5.83. The molecule has 0 spiro atoms. The van der Waals surface area contributed by atoms with Crippen LogP contribution >= 0.6 is 0 Å². The van der Waals surface area contributed by atoms with Crippen molar-refractivity contribution in [1.29, 1.82) is 0 Å². The first-order chi connectivity index (χ1) is 11.5. The molecule has 2 aliphatic rings. The Kier molecular flexibility index (Phi) is 5.41. The van der Waals surface area contributed by atoms with Crippen molar-refractivity contribution in [2.45, 2.75) is 37.8 Å². The molecule has 1 aromatic carbocycles. The highest BCUT2D eigenvalue weighted by atomic mass is 16.5. The fourth-order valence-corrected chi connectivity index (χ4v) is 3.89. The fraction of sp³-hybridized carbons (Fsp3) is 0.632. The molecule has 1 aliphatic heterocycles. The number of carbonyl (C=O) groups is 1. The number of ether oxygens (including phenoxy) is 1. The highest BCUT2D eigenvalue weighted by Gasteiger charge is 2.33. The summed E-state index contributed by atoms with van der Waals surface area (Å²) in [7, 11) is 4.20. The molecule has 3 rings (SSSR count). The van der Waals surface area contributed by atoms with E-state index in [1.54, 1.807) is 12.1 Å². The van der Waals surface area contributed by atoms with E-state index in [4.69, 9.17) is 4.74 Å². The van der Waals surface area contributed by atoms with Crippen LogP contribution in [-0.2, 0) is 9.53 Å². The van der Waals surface area contributed by atoms with Gasteiger partial charge in [0.05, 0.1) is 13.2 Å². The number of morpholine rings is 1. The Morgan fingerprint density at radius 1 is 1.33 bits per heavy atom. The molecule has 24 heavy (non-hydrogen) atoms. The summed E-state index contributed by atoms with van der Waals surface area (Å²) in [4.78, 5) is 17.2. The molecule has 0 unspecified atom stereocenters. The molecule has 0 aromatic heterocycles. The van der Waals surface area contributed by atoms with Gasteiger partial charge in [0.1, 0.15) is 11.9 Å². The third-order valence-corrected chi connectivity index (χ3v) is 5.35. The molecule has 5 heteroatoms. The molecule has 0 radical (unpaired) electrons. The van der Waals surface area contributed by atoms with Crippen LogP contribution < -0.4 is 0 Å². The number of nitrogens with zero attached hydrogens (tertiary/aromatic N) is 2. The second-order valence-electron chi connectivity index (χ2n) is 7.22. The van der Waals surface area contributed by atoms with Crippen LogP contribution in [0, 0.1) is 5.92 Å². The van der Waals surface area contributed by atoms with Crippen LogP contribution in [0.25, 0.3) is 0 Å². The van der Waals surface area contributed by atoms with E-state index in [2.05, 4.69) is 19.0 Å². The van der Waals surface area contributed by atoms with Crippen LogP contribution in [-0.4, -0.2) is 60.6 Å². The summed E-state index contributed by atoms with van der Waals surface area (Å²) in [5, 5.41) is 9.66. The summed E-state index contributed by atoms with van der Waals surface area (Å²) in [6, 6.07) is 7.65. The maximum atomic E-state index is 13.0. The number of phenolic OH excluding ortho intramolecular Hbond substituents is 1. The molecule has 1 aromatic rings. The van der Waals surface area contributed by atoms with E-state index in [1.807, 2.05) is 17.0 Å². The van der Waals surface area contributed by atoms with Crippen molar-refractivity contribution in [3.63, 3.8) is 0 Å². The van der Waals surface area contributed by atoms with Crippen LogP contribution in [0.5, 0.6) is 5.75 Å². The number of carbonyl (C=O) groups excluding carboxylic acids is 1. The summed E-state index contributed by atoms with van der Waals surface area (Å²) >= 11 is 0. The molecule has 1 N–H and O–H groups in total. The van der Waals surface area contributed by atoms with Crippen LogP contribution in [0.1, 0.15) is 37.4 Å². The van der Waals surface area contributed by atoms with Gasteiger partial charge in [0.2, 0.25) is 5.91 Å². The molecule has 2 fully saturated rings. The van der Waals surface area contributed by atoms with E-state index in [1.165, 1.54) is 6.42 Å². The molecule has 3 atom stereocenters. The first-order valence-electron chi connectivity index (χ1n) is 8.90. The van der Waals surface area contributed by atoms with Gasteiger partial charge in [-0.3, -0.25) is 4.79 Å². The average Bonchev–Trinajstić information content (AvgIpc) is 2.61. The molecule has 1 aliphatic carbocycles. The zero-order valence-electron chi connectivity index (χ0n) is 14.6. The molecule has 1 saturated carbocycles. The molecule has 1 heterocycles. The third kappa shape index (κ3) is 3.90. The maximum absolute atomic E-state index is 13.0. The molecular formula is C19H28N2O3. The standard InChI is InChI=1S/C19H28N2O3/c1-20(2)16-7-3-6-15(11-16)19(23)21-9-10-24-18(13-21)14-5-4-8-17(22)12-14/h4-5,8,12,15-16,18,22H,3,6-7,9-11,13H2,1-2H3/t15-,16+,18-/m0/s1. The number of aromatic hydroxyl groups is 1. The van der Waals surface area contributed by atoms with Gasteiger partial charge in [-0.2, -0.15) is 0 Å². The topological polar surface area (TPSA) is 53.0 Å². The highest BCUT2D eigenvalue weighted by Crippen LogP contribution is 2.31. The Labute approximate surface area is 144 Å². The number of phenols is 1. The highest BCUT2D eigenvalue weighted by molar-refractivity contribution is 5.79. The Morgan fingerprint density at radius 2 is 2.17 bits per heavy atom. The lowest BCUT2D eigenvalue weighted by Gasteiger charge is -2.38. The minimum absolute atomic E-state index is 0.133. The van der Waals surface area contributed by atoms with Gasteiger partial charge in [-0.25, -0.2) is 0 Å². The second kappa shape index (κ2) is 7.53. The van der Waals surface area contributed by atoms with E-state index in [-0.39, 0.29) is 23.7 Å². The van der Waals surface area contributed by atoms with Gasteiger partial charge in [0.15, 0.2) is 0 Å². The first kappa shape index (κ1) is 17.2. The lowest BCUT2D eigenvalue weighted by molar-refractivity contribution is -0.145. The maximum Gasteiger partial charge on any atom is 0.225 e. The van der Waals surface area contributed by atoms with Gasteiger partial charge in [-0.05, 0) is 51.1 Å². The first-order valence-corrected chi connectivity index (χ1v) is 8.90. The smallest absolute Gasteiger partial charge is 0.225 e. The van der Waals surface area contributed by atoms with Crippen molar-refractivity contribution in [2.75, 3.05) is 33.8 Å². The SMILES string of the molecule is CN(C)[C@@H]1CCC[C@H](C(=O)N2CCO[C@H](c3cccc(O)c3)C2)C1. The molecule has 1 amide bonds. The van der Waals surface area contributed by atoms with Gasteiger partial charge >= 0.3 is 0 Å². The average molecular weight is 332 g/mol. The summed E-state index contributed by atoms with van der Waals surface area (Å²) in [6.45, 7) is 1.79. The molecule has 132 valence electrons. The van der Waals surface area contributed by atoms with Gasteiger partial charge in [0.25, 0.3) is 0 Å². The van der Waals surface area contributed by atoms with Crippen molar-refractivity contribution in [3.8, 4) is 5.75 Å². The number of rotatable bonds is 3. The Morgan fingerprint density at radius 3 is 2.92 bits per heavy atom. The van der Waals surface area contributed by atoms with E-state index >= 15 is 0 Å². The van der Waals surface area contributed by atoms with E-state index in [0.717, 1.165) is 24.8 Å². The van der Waals surface area contributed by atoms with Crippen molar-refractivity contribution in [2.24, 2.45) is 5.92 Å². The number of hydrogen-bond donors (Lipinski definition) is 1. The van der Waals surface area contributed by atoms with Crippen LogP contribution in [0.2, 0.25) is 0 Å². The third-order valence-electron chi connectivity index (χ3n) is 5.35. The molecule has 5 nitrogen and oxygen atoms in total. The Bertz CT molecular complexity index is 575. The largest absolute Gasteiger partial charge is 0.508 e. The Balaban J connectivity index is 1.64. The van der Waals surface area contributed by atoms with Crippen molar-refractivity contribution in [1.82, 2.24) is 9.80 Å². The molecule has 1 saturated heterocycles. The fourth-order valence-electron chi connectivity index (χ4n) is 3.89. The summed E-state index contributed by atoms with van der Waals surface area (Å²) in [5.74, 6) is 0.643. The second-order valence-corrected chi connectivity index (χ2v) is 7.22. The summed E-state index contributed by atoms with van der Waals surface area (Å²) in [6.07, 6.45) is 4.12. The van der Waals surface area contributed by atoms with Gasteiger partial charge < -0.3 is 19.6 Å². The van der Waals surface area contributed by atoms with E-state index < -0.39 is 0 Å². The zero-order valence-corrected chi connectivity index (χ0v) is 14.6. The van der Waals surface area contributed by atoms with Crippen molar-refractivity contribution < 1.29 is 14.6 Å². The quantitative estimate of drug-likeness (QED) is 0.923. The van der Waals surface area contributed by atoms with Crippen LogP contribution in [0.15, 0.2) is 24.3 Å². The zero-order chi connectivity index (χ0) is 17.1. The molecular weight excluding hydrogens is 304 g/mol. The molecule has 0 bridgehead atoms. The van der Waals surface area contributed by atoms with Crippen molar-refractivity contribution in [3.05, 3.63) is 29.8 Å². The Hall–Kier alpha value is -1.59. The predicted molar refractivity (Wildman–Crippen MR) is 92.8 cm³/mol. The minimum Gasteiger partial charge on any atom is -0.508 e. The lowest BCUT2D eigenvalue weighted by Crippen LogP contribution is -2.47. The van der Waals surface area contributed by atoms with Crippen LogP contribution in [0.3, 0.4) is 0 Å². The van der Waals surface area contributed by atoms with E-state index in [9.17, 15) is 9.90 Å². The lowest BCUT2D eigenvalue weighted by atomic mass is 9.84. The summed E-state index contributed by atoms with van der Waals surface area (Å²) in [5.41, 5.74) is 0.933. The van der Waals surface area contributed by atoms with Gasteiger partial charge in [-0.1, -0.05) is 18.6 Å². The van der Waals surface area contributed by atoms with Crippen molar-refractivity contribution >= 4 is 5.91 Å². The van der Waals surface area contributed by atoms with E-state index in [0.29, 0.717) is 25.7 Å². The predicted octanol–water partition coefficient (Wildman–Crippen LogP) is 2.41. The monoisotopic (exact) mass is 332 g/mol. The number of amides is 1. The number of benzene rings is 1. The number of hydrogen-bond acceptors (Lipinski definition) is 4. The van der Waals surface area contributed by atoms with Gasteiger partial charge in [-0.15, -0.1) is 0 Å². The van der Waals surface area contributed by atoms with Gasteiger partial charge in [0, 0.05) is 18.5 Å². The van der Waals surface area contributed by atoms with Crippen LogP contribution in [0.4, 0.5) is 0 Å².